The molecule has 0 radical (unpaired) electrons. The molecule has 0 saturated carbocycles. The van der Waals surface area contributed by atoms with Crippen LogP contribution < -0.4 is 5.73 Å². The number of halogens is 2. The number of hydrogen-bond donors (Lipinski definition) is 1. The van der Waals surface area contributed by atoms with Gasteiger partial charge in [-0.2, -0.15) is 0 Å². The van der Waals surface area contributed by atoms with Crippen LogP contribution >= 0.6 is 35.0 Å². The molecule has 2 aromatic rings. The van der Waals surface area contributed by atoms with E-state index in [0.29, 0.717) is 24.6 Å². The third kappa shape index (κ3) is 3.83. The molecule has 0 aliphatic rings. The van der Waals surface area contributed by atoms with Crippen molar-refractivity contribution in [3.05, 3.63) is 33.7 Å². The van der Waals surface area contributed by atoms with Gasteiger partial charge >= 0.3 is 0 Å². The Morgan fingerprint density at radius 1 is 1.00 bits per heavy atom. The maximum absolute atomic E-state index is 5.39. The predicted octanol–water partition coefficient (Wildman–Crippen LogP) is 1.46. The van der Waals surface area contributed by atoms with Gasteiger partial charge in [0, 0.05) is 15.6 Å². The SMILES string of the molecule is Cl.NCCc1nnc(-c2ccc(I)cc2)nn1. The lowest BCUT2D eigenvalue weighted by Gasteiger charge is -1.99. The zero-order valence-corrected chi connectivity index (χ0v) is 11.9. The molecule has 0 saturated heterocycles. The summed E-state index contributed by atoms with van der Waals surface area (Å²) in [6.45, 7) is 0.506. The number of nitrogens with two attached hydrogens (primary N) is 1. The van der Waals surface area contributed by atoms with Crippen LogP contribution in [0.4, 0.5) is 0 Å². The highest BCUT2D eigenvalue weighted by Gasteiger charge is 2.03. The molecule has 2 N–H and O–H groups in total. The normalized spacial score (nSPS) is 9.76. The first kappa shape index (κ1) is 14.2. The van der Waals surface area contributed by atoms with Gasteiger partial charge in [0.15, 0.2) is 5.82 Å². The van der Waals surface area contributed by atoms with Gasteiger partial charge in [0.2, 0.25) is 5.82 Å². The number of rotatable bonds is 3. The standard InChI is InChI=1S/C10H10IN5.ClH/c11-8-3-1-7(2-4-8)10-15-13-9(5-6-12)14-16-10;/h1-4H,5-6,12H2;1H. The number of nitrogens with zero attached hydrogens (tertiary/aromatic N) is 4. The van der Waals surface area contributed by atoms with E-state index in [2.05, 4.69) is 43.0 Å². The van der Waals surface area contributed by atoms with E-state index in [1.54, 1.807) is 0 Å². The van der Waals surface area contributed by atoms with Crippen molar-refractivity contribution in [2.75, 3.05) is 6.54 Å². The maximum Gasteiger partial charge on any atom is 0.203 e. The van der Waals surface area contributed by atoms with Crippen molar-refractivity contribution in [1.29, 1.82) is 0 Å². The zero-order chi connectivity index (χ0) is 11.4. The van der Waals surface area contributed by atoms with E-state index in [9.17, 15) is 0 Å². The lowest BCUT2D eigenvalue weighted by molar-refractivity contribution is 0.752. The lowest BCUT2D eigenvalue weighted by atomic mass is 10.2. The Bertz CT molecular complexity index is 459. The highest BCUT2D eigenvalue weighted by atomic mass is 127. The van der Waals surface area contributed by atoms with Crippen LogP contribution in [0, 0.1) is 3.57 Å². The van der Waals surface area contributed by atoms with E-state index in [1.807, 2.05) is 24.3 Å². The second kappa shape index (κ2) is 6.77. The second-order valence-corrected chi connectivity index (χ2v) is 4.43. The molecule has 0 aliphatic carbocycles. The first-order valence-electron chi connectivity index (χ1n) is 4.82. The topological polar surface area (TPSA) is 77.6 Å². The van der Waals surface area contributed by atoms with E-state index in [-0.39, 0.29) is 12.4 Å². The molecule has 1 aromatic carbocycles. The fraction of sp³-hybridized carbons (Fsp3) is 0.200. The van der Waals surface area contributed by atoms with E-state index >= 15 is 0 Å². The molecular weight excluding hydrogens is 353 g/mol. The van der Waals surface area contributed by atoms with Gasteiger partial charge in [0.1, 0.15) is 0 Å². The van der Waals surface area contributed by atoms with Gasteiger partial charge < -0.3 is 5.73 Å². The Morgan fingerprint density at radius 3 is 2.12 bits per heavy atom. The Kier molecular flexibility index (Phi) is 5.66. The van der Waals surface area contributed by atoms with E-state index in [4.69, 9.17) is 5.73 Å². The molecule has 0 spiro atoms. The van der Waals surface area contributed by atoms with Gasteiger partial charge in [-0.05, 0) is 41.3 Å². The molecule has 90 valence electrons. The van der Waals surface area contributed by atoms with Gasteiger partial charge in [-0.25, -0.2) is 0 Å². The van der Waals surface area contributed by atoms with E-state index < -0.39 is 0 Å². The average Bonchev–Trinajstić information content (AvgIpc) is 2.32. The van der Waals surface area contributed by atoms with Crippen molar-refractivity contribution in [1.82, 2.24) is 20.4 Å². The van der Waals surface area contributed by atoms with Crippen LogP contribution in [-0.4, -0.2) is 26.9 Å². The molecule has 0 aliphatic heterocycles. The summed E-state index contributed by atoms with van der Waals surface area (Å²) in [6.07, 6.45) is 0.604. The third-order valence-electron chi connectivity index (χ3n) is 1.99. The van der Waals surface area contributed by atoms with Crippen molar-refractivity contribution in [2.24, 2.45) is 5.73 Å². The molecule has 0 fully saturated rings. The fourth-order valence-corrected chi connectivity index (χ4v) is 1.55. The summed E-state index contributed by atoms with van der Waals surface area (Å²) in [5.74, 6) is 1.12. The van der Waals surface area contributed by atoms with Crippen LogP contribution in [0.5, 0.6) is 0 Å². The van der Waals surface area contributed by atoms with Crippen LogP contribution in [0.1, 0.15) is 5.82 Å². The average molecular weight is 364 g/mol. The maximum atomic E-state index is 5.39. The molecule has 7 heteroatoms. The smallest absolute Gasteiger partial charge is 0.203 e. The Balaban J connectivity index is 0.00000144. The van der Waals surface area contributed by atoms with Crippen LogP contribution in [0.25, 0.3) is 11.4 Å². The molecule has 1 aromatic heterocycles. The van der Waals surface area contributed by atoms with Crippen molar-refractivity contribution < 1.29 is 0 Å². The van der Waals surface area contributed by atoms with Crippen molar-refractivity contribution in [2.45, 2.75) is 6.42 Å². The second-order valence-electron chi connectivity index (χ2n) is 3.19. The summed E-state index contributed by atoms with van der Waals surface area (Å²) in [5, 5.41) is 16.0. The van der Waals surface area contributed by atoms with E-state index in [0.717, 1.165) is 5.56 Å². The van der Waals surface area contributed by atoms with Gasteiger partial charge in [0.25, 0.3) is 0 Å². The molecule has 2 rings (SSSR count). The molecule has 0 atom stereocenters. The Morgan fingerprint density at radius 2 is 1.59 bits per heavy atom. The van der Waals surface area contributed by atoms with Crippen molar-refractivity contribution in [3.8, 4) is 11.4 Å². The minimum atomic E-state index is 0. The summed E-state index contributed by atoms with van der Waals surface area (Å²) >= 11 is 2.25. The largest absolute Gasteiger partial charge is 0.330 e. The zero-order valence-electron chi connectivity index (χ0n) is 8.88. The summed E-state index contributed by atoms with van der Waals surface area (Å²) in [7, 11) is 0. The van der Waals surface area contributed by atoms with Crippen molar-refractivity contribution >= 4 is 35.0 Å². The number of benzene rings is 1. The molecule has 0 amide bonds. The Labute approximate surface area is 119 Å². The molecule has 5 nitrogen and oxygen atoms in total. The summed E-state index contributed by atoms with van der Waals surface area (Å²) in [4.78, 5) is 0. The quantitative estimate of drug-likeness (QED) is 0.836. The van der Waals surface area contributed by atoms with E-state index in [1.165, 1.54) is 3.57 Å². The summed E-state index contributed by atoms with van der Waals surface area (Å²) in [5.41, 5.74) is 6.31. The Hall–Kier alpha value is -0.860. The molecule has 1 heterocycles. The van der Waals surface area contributed by atoms with Crippen LogP contribution in [-0.2, 0) is 6.42 Å². The fourth-order valence-electron chi connectivity index (χ4n) is 1.19. The molecular formula is C10H11ClIN5. The molecule has 0 bridgehead atoms. The van der Waals surface area contributed by atoms with Crippen LogP contribution in [0.2, 0.25) is 0 Å². The van der Waals surface area contributed by atoms with Gasteiger partial charge in [-0.15, -0.1) is 32.8 Å². The van der Waals surface area contributed by atoms with Crippen LogP contribution in [0.15, 0.2) is 24.3 Å². The van der Waals surface area contributed by atoms with Crippen molar-refractivity contribution in [3.63, 3.8) is 0 Å². The lowest BCUT2D eigenvalue weighted by Crippen LogP contribution is -2.09. The van der Waals surface area contributed by atoms with Gasteiger partial charge in [0.05, 0.1) is 0 Å². The third-order valence-corrected chi connectivity index (χ3v) is 2.71. The monoisotopic (exact) mass is 363 g/mol. The highest BCUT2D eigenvalue weighted by Crippen LogP contribution is 2.14. The highest BCUT2D eigenvalue weighted by molar-refractivity contribution is 14.1. The minimum Gasteiger partial charge on any atom is -0.330 e. The van der Waals surface area contributed by atoms with Crippen LogP contribution in [0.3, 0.4) is 0 Å². The number of hydrogen-bond acceptors (Lipinski definition) is 5. The predicted molar refractivity (Wildman–Crippen MR) is 75.8 cm³/mol. The minimum absolute atomic E-state index is 0. The first-order valence-corrected chi connectivity index (χ1v) is 5.90. The molecule has 17 heavy (non-hydrogen) atoms. The van der Waals surface area contributed by atoms with Gasteiger partial charge in [-0.3, -0.25) is 0 Å². The summed E-state index contributed by atoms with van der Waals surface area (Å²) in [6, 6.07) is 7.88. The first-order chi connectivity index (χ1) is 7.79. The molecule has 0 unspecified atom stereocenters. The summed E-state index contributed by atoms with van der Waals surface area (Å²) < 4.78 is 1.17. The van der Waals surface area contributed by atoms with Gasteiger partial charge in [-0.1, -0.05) is 12.1 Å². The number of aromatic nitrogens is 4.